The Labute approximate surface area is 237 Å². The predicted molar refractivity (Wildman–Crippen MR) is 150 cm³/mol. The lowest BCUT2D eigenvalue weighted by Gasteiger charge is -2.37. The molecule has 3 saturated heterocycles. The van der Waals surface area contributed by atoms with Crippen molar-refractivity contribution in [2.45, 2.75) is 54.7 Å². The zero-order valence-electron chi connectivity index (χ0n) is 22.3. The van der Waals surface area contributed by atoms with Crippen LogP contribution in [0, 0.1) is 11.8 Å². The number of rotatable bonds is 14. The molecule has 3 unspecified atom stereocenters. The first-order valence-electron chi connectivity index (χ1n) is 13.4. The summed E-state index contributed by atoms with van der Waals surface area (Å²) in [7, 11) is 1.57. The van der Waals surface area contributed by atoms with Crippen LogP contribution in [0.2, 0.25) is 0 Å². The van der Waals surface area contributed by atoms with Crippen LogP contribution in [0.3, 0.4) is 0 Å². The van der Waals surface area contributed by atoms with Gasteiger partial charge in [0.25, 0.3) is 5.91 Å². The lowest BCUT2D eigenvalue weighted by Crippen LogP contribution is -2.57. The summed E-state index contributed by atoms with van der Waals surface area (Å²) in [5.41, 5.74) is -0.525. The molecule has 212 valence electrons. The van der Waals surface area contributed by atoms with Gasteiger partial charge in [-0.25, -0.2) is 0 Å². The van der Waals surface area contributed by atoms with Crippen molar-refractivity contribution in [2.24, 2.45) is 11.8 Å². The Morgan fingerprint density at radius 3 is 2.56 bits per heavy atom. The Hall–Kier alpha value is -2.69. The van der Waals surface area contributed by atoms with Crippen molar-refractivity contribution in [1.82, 2.24) is 4.90 Å². The van der Waals surface area contributed by atoms with E-state index in [1.165, 1.54) is 6.08 Å². The molecule has 3 fully saturated rings. The molecular formula is C29H37BrN2O7. The summed E-state index contributed by atoms with van der Waals surface area (Å²) in [5, 5.41) is 9.13. The molecule has 3 heterocycles. The second-order valence-electron chi connectivity index (χ2n) is 10.2. The number of benzene rings is 1. The maximum Gasteiger partial charge on any atom is 0.312 e. The minimum absolute atomic E-state index is 0.0322. The number of nitrogens with zero attached hydrogens (tertiary/aromatic N) is 2. The molecule has 10 heteroatoms. The van der Waals surface area contributed by atoms with Gasteiger partial charge in [0, 0.05) is 30.2 Å². The normalized spacial score (nSPS) is 28.7. The number of aliphatic hydroxyl groups is 1. The summed E-state index contributed by atoms with van der Waals surface area (Å²) >= 11 is 3.67. The number of methoxy groups -OCH3 is 1. The molecule has 9 nitrogen and oxygen atoms in total. The molecule has 39 heavy (non-hydrogen) atoms. The van der Waals surface area contributed by atoms with Gasteiger partial charge in [0.1, 0.15) is 24.0 Å². The molecule has 0 aliphatic carbocycles. The fraction of sp³-hybridized carbons (Fsp3) is 0.552. The summed E-state index contributed by atoms with van der Waals surface area (Å²) < 4.78 is 17.2. The van der Waals surface area contributed by atoms with E-state index in [4.69, 9.17) is 19.3 Å². The highest BCUT2D eigenvalue weighted by atomic mass is 79.9. The van der Waals surface area contributed by atoms with Gasteiger partial charge in [0.05, 0.1) is 25.0 Å². The van der Waals surface area contributed by atoms with Crippen LogP contribution in [-0.2, 0) is 23.9 Å². The minimum atomic E-state index is -1.16. The lowest BCUT2D eigenvalue weighted by molar-refractivity contribution is -0.153. The zero-order chi connectivity index (χ0) is 28.2. The summed E-state index contributed by atoms with van der Waals surface area (Å²) in [6.45, 7) is 8.17. The number of aliphatic hydroxyl groups excluding tert-OH is 1. The number of fused-ring (bicyclic) bond motifs is 1. The van der Waals surface area contributed by atoms with Crippen LogP contribution in [0.1, 0.15) is 32.1 Å². The average Bonchev–Trinajstić information content (AvgIpc) is 3.53. The molecule has 3 aliphatic heterocycles. The number of unbranched alkanes of at least 4 members (excludes halogenated alkanes) is 3. The van der Waals surface area contributed by atoms with E-state index in [1.807, 2.05) is 0 Å². The van der Waals surface area contributed by atoms with Gasteiger partial charge in [-0.3, -0.25) is 14.4 Å². The molecule has 1 aromatic carbocycles. The Kier molecular flexibility index (Phi) is 9.51. The summed E-state index contributed by atoms with van der Waals surface area (Å²) in [6.07, 6.45) is 5.93. The van der Waals surface area contributed by atoms with E-state index < -0.39 is 35.6 Å². The molecule has 1 spiro atoms. The first-order valence-corrected chi connectivity index (χ1v) is 14.3. The predicted octanol–water partition coefficient (Wildman–Crippen LogP) is 3.24. The smallest absolute Gasteiger partial charge is 0.312 e. The van der Waals surface area contributed by atoms with Crippen LogP contribution in [0.25, 0.3) is 0 Å². The highest BCUT2D eigenvalue weighted by Crippen LogP contribution is 2.60. The largest absolute Gasteiger partial charge is 0.497 e. The Bertz CT molecular complexity index is 1080. The van der Waals surface area contributed by atoms with Gasteiger partial charge in [-0.15, -0.1) is 6.58 Å². The molecule has 0 saturated carbocycles. The topological polar surface area (TPSA) is 106 Å². The van der Waals surface area contributed by atoms with E-state index >= 15 is 0 Å². The SMILES string of the molecule is C=CCOC(=O)[C@H]1[C@@H]2OC3(CC2Br)C(C(=O)N(CC=C)c2ccc(OC)cc2)N(CCCCCCO)C(=O)[C@H]13. The van der Waals surface area contributed by atoms with Gasteiger partial charge in [0.15, 0.2) is 0 Å². The Morgan fingerprint density at radius 1 is 1.21 bits per heavy atom. The lowest BCUT2D eigenvalue weighted by atomic mass is 9.70. The van der Waals surface area contributed by atoms with Gasteiger partial charge in [0.2, 0.25) is 5.91 Å². The van der Waals surface area contributed by atoms with Crippen LogP contribution in [0.5, 0.6) is 5.75 Å². The number of hydrogen-bond acceptors (Lipinski definition) is 7. The maximum absolute atomic E-state index is 14.5. The molecule has 4 rings (SSSR count). The molecule has 3 aliphatic rings. The van der Waals surface area contributed by atoms with Gasteiger partial charge in [-0.05, 0) is 43.5 Å². The van der Waals surface area contributed by atoms with E-state index in [0.29, 0.717) is 37.2 Å². The van der Waals surface area contributed by atoms with Gasteiger partial charge >= 0.3 is 5.97 Å². The highest BCUT2D eigenvalue weighted by Gasteiger charge is 2.77. The molecule has 2 amide bonds. The van der Waals surface area contributed by atoms with E-state index in [9.17, 15) is 14.4 Å². The Balaban J connectivity index is 1.71. The summed E-state index contributed by atoms with van der Waals surface area (Å²) in [4.78, 5) is 44.7. The highest BCUT2D eigenvalue weighted by molar-refractivity contribution is 9.09. The van der Waals surface area contributed by atoms with Crippen LogP contribution in [0.4, 0.5) is 5.69 Å². The van der Waals surface area contributed by atoms with E-state index in [-0.39, 0.29) is 36.4 Å². The quantitative estimate of drug-likeness (QED) is 0.150. The number of likely N-dealkylation sites (tertiary alicyclic amines) is 1. The molecular weight excluding hydrogens is 568 g/mol. The van der Waals surface area contributed by atoms with E-state index in [0.717, 1.165) is 12.8 Å². The number of anilines is 1. The van der Waals surface area contributed by atoms with Crippen molar-refractivity contribution in [3.8, 4) is 5.75 Å². The second kappa shape index (κ2) is 12.7. The molecule has 1 N–H and O–H groups in total. The van der Waals surface area contributed by atoms with Crippen molar-refractivity contribution in [2.75, 3.05) is 38.3 Å². The summed E-state index contributed by atoms with van der Waals surface area (Å²) in [5.74, 6) is -2.04. The first kappa shape index (κ1) is 29.3. The molecule has 2 bridgehead atoms. The third kappa shape index (κ3) is 5.38. The van der Waals surface area contributed by atoms with Gasteiger partial charge < -0.3 is 29.1 Å². The van der Waals surface area contributed by atoms with Crippen LogP contribution < -0.4 is 9.64 Å². The number of carbonyl (C=O) groups is 3. The number of hydrogen-bond donors (Lipinski definition) is 1. The molecule has 0 aromatic heterocycles. The minimum Gasteiger partial charge on any atom is -0.497 e. The zero-order valence-corrected chi connectivity index (χ0v) is 23.9. The van der Waals surface area contributed by atoms with Gasteiger partial charge in [-0.2, -0.15) is 0 Å². The first-order chi connectivity index (χ1) is 18.8. The standard InChI is InChI=1S/C29H37BrN2O7/c1-4-14-31(19-10-12-20(37-3)13-11-19)27(35)25-29-18-21(30)24(39-29)22(28(36)38-17-5-2)23(29)26(34)32(25)15-8-6-7-9-16-33/h4-5,10-13,21-25,33H,1-2,6-9,14-18H2,3H3/t21?,22-,23+,24-,25?,29?/m1/s1. The molecule has 1 aromatic rings. The number of amides is 2. The van der Waals surface area contributed by atoms with Crippen LogP contribution in [-0.4, -0.2) is 83.8 Å². The second-order valence-corrected chi connectivity index (χ2v) is 11.4. The fourth-order valence-electron chi connectivity index (χ4n) is 6.26. The van der Waals surface area contributed by atoms with Crippen LogP contribution in [0.15, 0.2) is 49.6 Å². The monoisotopic (exact) mass is 604 g/mol. The number of carbonyl (C=O) groups excluding carboxylic acids is 3. The van der Waals surface area contributed by atoms with Crippen molar-refractivity contribution in [3.05, 3.63) is 49.6 Å². The van der Waals surface area contributed by atoms with E-state index in [2.05, 4.69) is 29.1 Å². The maximum atomic E-state index is 14.5. The number of ether oxygens (including phenoxy) is 3. The third-order valence-electron chi connectivity index (χ3n) is 7.91. The van der Waals surface area contributed by atoms with Gasteiger partial charge in [-0.1, -0.05) is 47.5 Å². The number of alkyl halides is 1. The molecule has 0 radical (unpaired) electrons. The average molecular weight is 606 g/mol. The number of esters is 1. The van der Waals surface area contributed by atoms with Crippen molar-refractivity contribution < 1.29 is 33.7 Å². The third-order valence-corrected chi connectivity index (χ3v) is 8.75. The summed E-state index contributed by atoms with van der Waals surface area (Å²) in [6, 6.07) is 6.21. The number of halogens is 1. The van der Waals surface area contributed by atoms with Crippen LogP contribution >= 0.6 is 15.9 Å². The van der Waals surface area contributed by atoms with Crippen molar-refractivity contribution in [1.29, 1.82) is 0 Å². The fourth-order valence-corrected chi connectivity index (χ4v) is 7.21. The van der Waals surface area contributed by atoms with Crippen molar-refractivity contribution in [3.63, 3.8) is 0 Å². The van der Waals surface area contributed by atoms with Crippen molar-refractivity contribution >= 4 is 39.4 Å². The Morgan fingerprint density at radius 2 is 1.92 bits per heavy atom. The van der Waals surface area contributed by atoms with E-state index in [1.54, 1.807) is 47.3 Å². The molecule has 6 atom stereocenters.